The van der Waals surface area contributed by atoms with Crippen molar-refractivity contribution in [3.63, 3.8) is 0 Å². The molecule has 0 unspecified atom stereocenters. The maximum absolute atomic E-state index is 9.65. The van der Waals surface area contributed by atoms with Crippen LogP contribution in [0.5, 0.6) is 5.75 Å². The summed E-state index contributed by atoms with van der Waals surface area (Å²) in [6.07, 6.45) is 1.86. The average Bonchev–Trinajstić information content (AvgIpc) is 3.28. The van der Waals surface area contributed by atoms with E-state index in [0.717, 1.165) is 33.1 Å². The fourth-order valence-corrected chi connectivity index (χ4v) is 3.76. The summed E-state index contributed by atoms with van der Waals surface area (Å²) in [5.41, 5.74) is 5.77. The molecule has 4 aromatic rings. The molecule has 1 aromatic heterocycles. The molecule has 0 aliphatic rings. The van der Waals surface area contributed by atoms with Crippen molar-refractivity contribution in [1.29, 1.82) is 5.26 Å². The van der Waals surface area contributed by atoms with Crippen LogP contribution < -0.4 is 4.74 Å². The van der Waals surface area contributed by atoms with Crippen LogP contribution >= 0.6 is 11.3 Å². The van der Waals surface area contributed by atoms with E-state index in [1.54, 1.807) is 0 Å². The van der Waals surface area contributed by atoms with E-state index < -0.39 is 0 Å². The van der Waals surface area contributed by atoms with Gasteiger partial charge in [-0.15, -0.1) is 11.3 Å². The van der Waals surface area contributed by atoms with Gasteiger partial charge >= 0.3 is 0 Å². The number of nitriles is 1. The van der Waals surface area contributed by atoms with E-state index in [4.69, 9.17) is 4.74 Å². The van der Waals surface area contributed by atoms with Crippen LogP contribution in [0.25, 0.3) is 22.9 Å². The monoisotopic (exact) mass is 408 g/mol. The molecule has 30 heavy (non-hydrogen) atoms. The van der Waals surface area contributed by atoms with Crippen molar-refractivity contribution < 1.29 is 4.74 Å². The Labute approximate surface area is 180 Å². The number of allylic oxidation sites excluding steroid dienone is 1. The second-order valence-corrected chi connectivity index (χ2v) is 7.78. The second kappa shape index (κ2) is 9.21. The van der Waals surface area contributed by atoms with Crippen LogP contribution in [0.2, 0.25) is 0 Å². The van der Waals surface area contributed by atoms with Gasteiger partial charge in [-0.1, -0.05) is 72.3 Å². The van der Waals surface area contributed by atoms with Crippen molar-refractivity contribution in [3.05, 3.63) is 106 Å². The maximum Gasteiger partial charge on any atom is 0.134 e. The Morgan fingerprint density at radius 1 is 1.00 bits per heavy atom. The standard InChI is InChI=1S/C26H20N2OS/c1-19-7-11-22(12-8-19)25-18-30-26(28-25)23(16-27)15-20-9-13-24(14-10-20)29-17-21-5-3-2-4-6-21/h2-15,18H,17H2,1H3/b23-15+. The van der Waals surface area contributed by atoms with Crippen molar-refractivity contribution in [2.24, 2.45) is 0 Å². The Bertz CT molecular complexity index is 1180. The molecule has 146 valence electrons. The number of aromatic nitrogens is 1. The fourth-order valence-electron chi connectivity index (χ4n) is 2.96. The molecule has 3 nitrogen and oxygen atoms in total. The molecule has 4 rings (SSSR count). The highest BCUT2D eigenvalue weighted by molar-refractivity contribution is 7.11. The number of benzene rings is 3. The molecule has 0 atom stereocenters. The molecule has 4 heteroatoms. The first-order valence-electron chi connectivity index (χ1n) is 9.63. The van der Waals surface area contributed by atoms with Crippen LogP contribution in [0, 0.1) is 18.3 Å². The molecule has 0 aliphatic heterocycles. The maximum atomic E-state index is 9.65. The summed E-state index contributed by atoms with van der Waals surface area (Å²) < 4.78 is 5.83. The summed E-state index contributed by atoms with van der Waals surface area (Å²) >= 11 is 1.48. The molecule has 0 saturated carbocycles. The predicted octanol–water partition coefficient (Wildman–Crippen LogP) is 6.76. The SMILES string of the molecule is Cc1ccc(-c2csc(/C(C#N)=C/c3ccc(OCc4ccccc4)cc3)n2)cc1. The predicted molar refractivity (Wildman–Crippen MR) is 123 cm³/mol. The van der Waals surface area contributed by atoms with Gasteiger partial charge in [0.05, 0.1) is 11.3 Å². The molecule has 0 amide bonds. The quantitative estimate of drug-likeness (QED) is 0.331. The van der Waals surface area contributed by atoms with E-state index in [2.05, 4.69) is 42.2 Å². The van der Waals surface area contributed by atoms with Gasteiger partial charge in [-0.3, -0.25) is 0 Å². The minimum absolute atomic E-state index is 0.528. The molecule has 0 spiro atoms. The van der Waals surface area contributed by atoms with Gasteiger partial charge in [-0.2, -0.15) is 5.26 Å². The minimum Gasteiger partial charge on any atom is -0.489 e. The van der Waals surface area contributed by atoms with Crippen molar-refractivity contribution in [3.8, 4) is 23.1 Å². The summed E-state index contributed by atoms with van der Waals surface area (Å²) in [5.74, 6) is 0.797. The van der Waals surface area contributed by atoms with Crippen LogP contribution in [-0.4, -0.2) is 4.98 Å². The third-order valence-electron chi connectivity index (χ3n) is 4.64. The lowest BCUT2D eigenvalue weighted by Gasteiger charge is -2.06. The Balaban J connectivity index is 1.47. The van der Waals surface area contributed by atoms with Gasteiger partial charge in [0.25, 0.3) is 0 Å². The lowest BCUT2D eigenvalue weighted by atomic mass is 10.1. The lowest BCUT2D eigenvalue weighted by molar-refractivity contribution is 0.306. The van der Waals surface area contributed by atoms with Gasteiger partial charge < -0.3 is 4.74 Å². The number of nitrogens with zero attached hydrogens (tertiary/aromatic N) is 2. The number of thiazole rings is 1. The van der Waals surface area contributed by atoms with Crippen molar-refractivity contribution in [2.75, 3.05) is 0 Å². The van der Waals surface area contributed by atoms with Gasteiger partial charge in [0, 0.05) is 10.9 Å². The summed E-state index contributed by atoms with van der Waals surface area (Å²) in [4.78, 5) is 4.66. The third-order valence-corrected chi connectivity index (χ3v) is 5.52. The normalized spacial score (nSPS) is 11.1. The Morgan fingerprint density at radius 3 is 2.43 bits per heavy atom. The molecule has 0 fully saturated rings. The van der Waals surface area contributed by atoms with Crippen LogP contribution in [0.1, 0.15) is 21.7 Å². The van der Waals surface area contributed by atoms with Crippen molar-refractivity contribution in [1.82, 2.24) is 4.98 Å². The minimum atomic E-state index is 0.528. The Morgan fingerprint density at radius 2 is 1.73 bits per heavy atom. The van der Waals surface area contributed by atoms with Crippen LogP contribution in [0.15, 0.2) is 84.2 Å². The number of hydrogen-bond donors (Lipinski definition) is 0. The van der Waals surface area contributed by atoms with Crippen molar-refractivity contribution in [2.45, 2.75) is 13.5 Å². The number of aryl methyl sites for hydroxylation is 1. The zero-order chi connectivity index (χ0) is 20.8. The van der Waals surface area contributed by atoms with E-state index in [1.165, 1.54) is 16.9 Å². The highest BCUT2D eigenvalue weighted by atomic mass is 32.1. The molecular formula is C26H20N2OS. The van der Waals surface area contributed by atoms with Gasteiger partial charge in [0.1, 0.15) is 23.4 Å². The first-order chi connectivity index (χ1) is 14.7. The number of rotatable bonds is 6. The van der Waals surface area contributed by atoms with E-state index in [0.29, 0.717) is 12.2 Å². The van der Waals surface area contributed by atoms with Crippen LogP contribution in [-0.2, 0) is 6.61 Å². The molecule has 0 aliphatic carbocycles. The highest BCUT2D eigenvalue weighted by Gasteiger charge is 2.09. The van der Waals surface area contributed by atoms with E-state index in [-0.39, 0.29) is 0 Å². The molecule has 0 bridgehead atoms. The number of hydrogen-bond acceptors (Lipinski definition) is 4. The summed E-state index contributed by atoms with van der Waals surface area (Å²) in [5, 5.41) is 12.4. The Hall–Kier alpha value is -3.68. The molecular weight excluding hydrogens is 388 g/mol. The van der Waals surface area contributed by atoms with Gasteiger partial charge in [-0.25, -0.2) is 4.98 Å². The topological polar surface area (TPSA) is 45.9 Å². The van der Waals surface area contributed by atoms with Gasteiger partial charge in [-0.05, 0) is 36.3 Å². The lowest BCUT2D eigenvalue weighted by Crippen LogP contribution is -1.94. The average molecular weight is 409 g/mol. The summed E-state index contributed by atoms with van der Waals surface area (Å²) in [6.45, 7) is 2.59. The molecule has 0 saturated heterocycles. The summed E-state index contributed by atoms with van der Waals surface area (Å²) in [7, 11) is 0. The second-order valence-electron chi connectivity index (χ2n) is 6.92. The molecule has 3 aromatic carbocycles. The Kier molecular flexibility index (Phi) is 6.03. The number of ether oxygens (including phenoxy) is 1. The van der Waals surface area contributed by atoms with E-state index >= 15 is 0 Å². The smallest absolute Gasteiger partial charge is 0.134 e. The van der Waals surface area contributed by atoms with Gasteiger partial charge in [0.15, 0.2) is 0 Å². The first-order valence-corrected chi connectivity index (χ1v) is 10.5. The third kappa shape index (κ3) is 4.83. The molecule has 1 heterocycles. The zero-order valence-electron chi connectivity index (χ0n) is 16.6. The highest BCUT2D eigenvalue weighted by Crippen LogP contribution is 2.27. The van der Waals surface area contributed by atoms with E-state index in [9.17, 15) is 5.26 Å². The molecule has 0 radical (unpaired) electrons. The fraction of sp³-hybridized carbons (Fsp3) is 0.0769. The largest absolute Gasteiger partial charge is 0.489 e. The van der Waals surface area contributed by atoms with E-state index in [1.807, 2.05) is 66.1 Å². The zero-order valence-corrected chi connectivity index (χ0v) is 17.4. The van der Waals surface area contributed by atoms with Gasteiger partial charge in [0.2, 0.25) is 0 Å². The van der Waals surface area contributed by atoms with Crippen LogP contribution in [0.4, 0.5) is 0 Å². The van der Waals surface area contributed by atoms with Crippen molar-refractivity contribution >= 4 is 23.0 Å². The first kappa shape index (κ1) is 19.6. The summed E-state index contributed by atoms with van der Waals surface area (Å²) in [6, 6.07) is 28.3. The molecule has 0 N–H and O–H groups in total. The van der Waals surface area contributed by atoms with Crippen LogP contribution in [0.3, 0.4) is 0 Å².